The van der Waals surface area contributed by atoms with E-state index < -0.39 is 23.4 Å². The molecular weight excluding hydrogens is 228 g/mol. The van der Waals surface area contributed by atoms with Crippen LogP contribution in [-0.2, 0) is 14.4 Å². The average molecular weight is 246 g/mol. The molecule has 0 aliphatic carbocycles. The summed E-state index contributed by atoms with van der Waals surface area (Å²) in [6.45, 7) is 4.47. The van der Waals surface area contributed by atoms with E-state index in [-0.39, 0.29) is 19.0 Å². The standard InChI is InChI=1S/C10H18N2O5/c1-10(2,3)9(17)12-5-7(14)11-4-6(13)8(15)16/h6,13H,4-5H2,1-3H3,(H,11,14)(H,12,17)(H,15,16). The third kappa shape index (κ3) is 6.52. The first-order valence-electron chi connectivity index (χ1n) is 5.10. The number of aliphatic hydroxyl groups excluding tert-OH is 1. The summed E-state index contributed by atoms with van der Waals surface area (Å²) < 4.78 is 0. The molecule has 0 bridgehead atoms. The Bertz CT molecular complexity index is 308. The first-order valence-corrected chi connectivity index (χ1v) is 5.10. The van der Waals surface area contributed by atoms with Crippen LogP contribution >= 0.6 is 0 Å². The van der Waals surface area contributed by atoms with Crippen LogP contribution in [0.2, 0.25) is 0 Å². The Kier molecular flexibility index (Phi) is 5.60. The third-order valence-corrected chi connectivity index (χ3v) is 1.87. The van der Waals surface area contributed by atoms with Gasteiger partial charge in [-0.15, -0.1) is 0 Å². The zero-order chi connectivity index (χ0) is 13.6. The van der Waals surface area contributed by atoms with Crippen LogP contribution in [0.5, 0.6) is 0 Å². The minimum absolute atomic E-state index is 0.248. The number of carbonyl (C=O) groups excluding carboxylic acids is 2. The molecule has 7 heteroatoms. The second-order valence-electron chi connectivity index (χ2n) is 4.59. The molecular formula is C10H18N2O5. The maximum atomic E-state index is 11.4. The van der Waals surface area contributed by atoms with Gasteiger partial charge in [-0.3, -0.25) is 9.59 Å². The number of carboxylic acids is 1. The minimum atomic E-state index is -1.64. The van der Waals surface area contributed by atoms with Gasteiger partial charge in [0, 0.05) is 5.41 Å². The molecule has 0 fully saturated rings. The fourth-order valence-corrected chi connectivity index (χ4v) is 0.786. The van der Waals surface area contributed by atoms with Crippen molar-refractivity contribution in [3.8, 4) is 0 Å². The van der Waals surface area contributed by atoms with E-state index in [1.807, 2.05) is 0 Å². The molecule has 1 unspecified atom stereocenters. The number of aliphatic hydroxyl groups is 1. The fourth-order valence-electron chi connectivity index (χ4n) is 0.786. The molecule has 7 nitrogen and oxygen atoms in total. The second-order valence-corrected chi connectivity index (χ2v) is 4.59. The Morgan fingerprint density at radius 2 is 1.71 bits per heavy atom. The van der Waals surface area contributed by atoms with Gasteiger partial charge in [-0.25, -0.2) is 4.79 Å². The van der Waals surface area contributed by atoms with Crippen molar-refractivity contribution in [2.45, 2.75) is 26.9 Å². The lowest BCUT2D eigenvalue weighted by Crippen LogP contribution is -2.44. The number of amides is 2. The lowest BCUT2D eigenvalue weighted by molar-refractivity contribution is -0.146. The summed E-state index contributed by atoms with van der Waals surface area (Å²) in [6.07, 6.45) is -1.64. The van der Waals surface area contributed by atoms with E-state index in [1.54, 1.807) is 20.8 Å². The van der Waals surface area contributed by atoms with E-state index in [4.69, 9.17) is 10.2 Å². The van der Waals surface area contributed by atoms with Crippen LogP contribution in [-0.4, -0.2) is 47.2 Å². The number of rotatable bonds is 5. The van der Waals surface area contributed by atoms with Crippen LogP contribution in [0.25, 0.3) is 0 Å². The highest BCUT2D eigenvalue weighted by atomic mass is 16.4. The monoisotopic (exact) mass is 246 g/mol. The van der Waals surface area contributed by atoms with E-state index in [9.17, 15) is 14.4 Å². The molecule has 0 aromatic rings. The summed E-state index contributed by atoms with van der Waals surface area (Å²) in [6, 6.07) is 0. The Morgan fingerprint density at radius 3 is 2.12 bits per heavy atom. The predicted molar refractivity (Wildman–Crippen MR) is 59.1 cm³/mol. The normalized spacial score (nSPS) is 12.7. The van der Waals surface area contributed by atoms with Crippen molar-refractivity contribution < 1.29 is 24.6 Å². The van der Waals surface area contributed by atoms with Crippen molar-refractivity contribution in [2.75, 3.05) is 13.1 Å². The Balaban J connectivity index is 3.89. The molecule has 0 heterocycles. The lowest BCUT2D eigenvalue weighted by atomic mass is 9.96. The van der Waals surface area contributed by atoms with Gasteiger partial charge in [-0.1, -0.05) is 20.8 Å². The minimum Gasteiger partial charge on any atom is -0.479 e. The van der Waals surface area contributed by atoms with Crippen LogP contribution < -0.4 is 10.6 Å². The van der Waals surface area contributed by atoms with Crippen LogP contribution in [0.4, 0.5) is 0 Å². The van der Waals surface area contributed by atoms with Crippen molar-refractivity contribution in [1.82, 2.24) is 10.6 Å². The largest absolute Gasteiger partial charge is 0.479 e. The van der Waals surface area contributed by atoms with Crippen LogP contribution in [0.3, 0.4) is 0 Å². The maximum absolute atomic E-state index is 11.4. The molecule has 0 aromatic heterocycles. The van der Waals surface area contributed by atoms with Crippen LogP contribution in [0.15, 0.2) is 0 Å². The van der Waals surface area contributed by atoms with Gasteiger partial charge >= 0.3 is 5.97 Å². The van der Waals surface area contributed by atoms with Gasteiger partial charge in [0.25, 0.3) is 0 Å². The van der Waals surface area contributed by atoms with E-state index in [2.05, 4.69) is 10.6 Å². The first kappa shape index (κ1) is 15.4. The third-order valence-electron chi connectivity index (χ3n) is 1.87. The quantitative estimate of drug-likeness (QED) is 0.481. The summed E-state index contributed by atoms with van der Waals surface area (Å²) in [7, 11) is 0. The number of aliphatic carboxylic acids is 1. The zero-order valence-corrected chi connectivity index (χ0v) is 10.1. The lowest BCUT2D eigenvalue weighted by Gasteiger charge is -2.17. The highest BCUT2D eigenvalue weighted by Gasteiger charge is 2.21. The molecule has 0 aliphatic rings. The summed E-state index contributed by atoms with van der Waals surface area (Å²) >= 11 is 0. The Morgan fingerprint density at radius 1 is 1.18 bits per heavy atom. The molecule has 0 saturated carbocycles. The summed E-state index contributed by atoms with van der Waals surface area (Å²) in [5.41, 5.74) is -0.596. The highest BCUT2D eigenvalue weighted by Crippen LogP contribution is 2.11. The van der Waals surface area contributed by atoms with Gasteiger partial charge in [0.05, 0.1) is 13.1 Å². The number of carbonyl (C=O) groups is 3. The molecule has 0 rings (SSSR count). The second kappa shape index (κ2) is 6.19. The van der Waals surface area contributed by atoms with Crippen LogP contribution in [0.1, 0.15) is 20.8 Å². The molecule has 0 spiro atoms. The van der Waals surface area contributed by atoms with Gasteiger partial charge in [0.2, 0.25) is 11.8 Å². The van der Waals surface area contributed by atoms with E-state index in [0.717, 1.165) is 0 Å². The summed E-state index contributed by atoms with van der Waals surface area (Å²) in [4.78, 5) is 32.8. The van der Waals surface area contributed by atoms with Crippen molar-refractivity contribution >= 4 is 17.8 Å². The molecule has 4 N–H and O–H groups in total. The maximum Gasteiger partial charge on any atom is 0.334 e. The smallest absolute Gasteiger partial charge is 0.334 e. The fraction of sp³-hybridized carbons (Fsp3) is 0.700. The van der Waals surface area contributed by atoms with Crippen molar-refractivity contribution in [1.29, 1.82) is 0 Å². The number of carboxylic acid groups (broad SMARTS) is 1. The van der Waals surface area contributed by atoms with Crippen molar-refractivity contribution in [2.24, 2.45) is 5.41 Å². The molecule has 0 aromatic carbocycles. The zero-order valence-electron chi connectivity index (χ0n) is 10.1. The molecule has 0 saturated heterocycles. The molecule has 17 heavy (non-hydrogen) atoms. The van der Waals surface area contributed by atoms with E-state index in [1.165, 1.54) is 0 Å². The Hall–Kier alpha value is -1.63. The Labute approximate surface area is 99.2 Å². The highest BCUT2D eigenvalue weighted by molar-refractivity contribution is 5.87. The average Bonchev–Trinajstić information content (AvgIpc) is 2.20. The van der Waals surface area contributed by atoms with Gasteiger partial charge in [-0.2, -0.15) is 0 Å². The van der Waals surface area contributed by atoms with E-state index in [0.29, 0.717) is 0 Å². The number of nitrogens with one attached hydrogen (secondary N) is 2. The molecule has 0 aliphatic heterocycles. The van der Waals surface area contributed by atoms with Gasteiger partial charge in [0.15, 0.2) is 6.10 Å². The van der Waals surface area contributed by atoms with Crippen molar-refractivity contribution in [3.05, 3.63) is 0 Å². The van der Waals surface area contributed by atoms with Crippen LogP contribution in [0, 0.1) is 5.41 Å². The van der Waals surface area contributed by atoms with Gasteiger partial charge in [-0.05, 0) is 0 Å². The predicted octanol–water partition coefficient (Wildman–Crippen LogP) is -1.29. The SMILES string of the molecule is CC(C)(C)C(=O)NCC(=O)NCC(O)C(=O)O. The number of hydrogen-bond acceptors (Lipinski definition) is 4. The first-order chi connectivity index (χ1) is 7.64. The van der Waals surface area contributed by atoms with Crippen molar-refractivity contribution in [3.63, 3.8) is 0 Å². The van der Waals surface area contributed by atoms with E-state index >= 15 is 0 Å². The number of hydrogen-bond donors (Lipinski definition) is 4. The van der Waals surface area contributed by atoms with Gasteiger partial charge < -0.3 is 20.8 Å². The topological polar surface area (TPSA) is 116 Å². The molecule has 2 amide bonds. The molecule has 0 radical (unpaired) electrons. The summed E-state index contributed by atoms with van der Waals surface area (Å²) in [5, 5.41) is 21.8. The molecule has 1 atom stereocenters. The summed E-state index contributed by atoms with van der Waals surface area (Å²) in [5.74, 6) is -2.25. The molecule has 98 valence electrons. The van der Waals surface area contributed by atoms with Gasteiger partial charge in [0.1, 0.15) is 0 Å².